The van der Waals surface area contributed by atoms with Crippen molar-refractivity contribution >= 4 is 5.78 Å². The highest BCUT2D eigenvalue weighted by Crippen LogP contribution is 2.26. The number of ketones is 1. The maximum Gasteiger partial charge on any atom is 0.170 e. The van der Waals surface area contributed by atoms with Crippen LogP contribution in [0.15, 0.2) is 47.0 Å². The van der Waals surface area contributed by atoms with Gasteiger partial charge in [0.2, 0.25) is 0 Å². The van der Waals surface area contributed by atoms with Crippen LogP contribution in [0.2, 0.25) is 0 Å². The average Bonchev–Trinajstić information content (AvgIpc) is 2.87. The van der Waals surface area contributed by atoms with Crippen molar-refractivity contribution in [2.24, 2.45) is 0 Å². The summed E-state index contributed by atoms with van der Waals surface area (Å²) in [6.45, 7) is 6.89. The largest absolute Gasteiger partial charge is 0.380 e. The number of Topliss-reactive ketones (excluding diaryl/α,β-unsaturated/α-hetero) is 1. The lowest BCUT2D eigenvalue weighted by Crippen LogP contribution is -2.06. The Morgan fingerprint density at radius 3 is 2.58 bits per heavy atom. The molecule has 1 N–H and O–H groups in total. The van der Waals surface area contributed by atoms with E-state index in [9.17, 15) is 9.90 Å². The third-order valence-corrected chi connectivity index (χ3v) is 2.93. The van der Waals surface area contributed by atoms with Crippen LogP contribution in [0.25, 0.3) is 11.3 Å². The molecular weight excluding hydrogens is 242 g/mol. The molecule has 0 saturated heterocycles. The number of benzene rings is 1. The molecule has 0 aliphatic carbocycles. The van der Waals surface area contributed by atoms with E-state index >= 15 is 0 Å². The van der Waals surface area contributed by atoms with Crippen LogP contribution >= 0.6 is 0 Å². The van der Waals surface area contributed by atoms with Gasteiger partial charge in [0.05, 0.1) is 0 Å². The molecule has 1 aromatic carbocycles. The molecule has 4 heteroatoms. The zero-order valence-electron chi connectivity index (χ0n) is 10.9. The van der Waals surface area contributed by atoms with Gasteiger partial charge >= 0.3 is 0 Å². The first-order valence-electron chi connectivity index (χ1n) is 5.90. The monoisotopic (exact) mass is 257 g/mol. The van der Waals surface area contributed by atoms with Crippen molar-refractivity contribution in [2.45, 2.75) is 20.0 Å². The zero-order valence-corrected chi connectivity index (χ0v) is 10.9. The maximum absolute atomic E-state index is 11.2. The fraction of sp³-hybridized carbons (Fsp3) is 0.200. The Labute approximate surface area is 111 Å². The van der Waals surface area contributed by atoms with Crippen molar-refractivity contribution in [3.05, 3.63) is 53.8 Å². The van der Waals surface area contributed by atoms with Crippen molar-refractivity contribution in [1.29, 1.82) is 0 Å². The van der Waals surface area contributed by atoms with Gasteiger partial charge in [-0.25, -0.2) is 0 Å². The minimum absolute atomic E-state index is 0.0895. The van der Waals surface area contributed by atoms with Crippen LogP contribution in [0.1, 0.15) is 24.4 Å². The van der Waals surface area contributed by atoms with Crippen molar-refractivity contribution in [3.63, 3.8) is 0 Å². The van der Waals surface area contributed by atoms with E-state index in [-0.39, 0.29) is 17.1 Å². The second-order valence-electron chi connectivity index (χ2n) is 4.46. The Morgan fingerprint density at radius 2 is 2.00 bits per heavy atom. The lowest BCUT2D eigenvalue weighted by molar-refractivity contribution is -0.114. The molecule has 0 spiro atoms. The van der Waals surface area contributed by atoms with Crippen LogP contribution in [0.3, 0.4) is 0 Å². The van der Waals surface area contributed by atoms with Crippen LogP contribution in [0.4, 0.5) is 0 Å². The topological polar surface area (TPSA) is 63.3 Å². The molecule has 1 heterocycles. The van der Waals surface area contributed by atoms with Crippen molar-refractivity contribution in [3.8, 4) is 11.3 Å². The van der Waals surface area contributed by atoms with E-state index in [2.05, 4.69) is 11.7 Å². The molecule has 19 heavy (non-hydrogen) atoms. The number of aliphatic hydroxyl groups excluding tert-OH is 1. The molecule has 0 fully saturated rings. The molecule has 0 bridgehead atoms. The smallest absolute Gasteiger partial charge is 0.170 e. The van der Waals surface area contributed by atoms with E-state index in [4.69, 9.17) is 4.52 Å². The first-order chi connectivity index (χ1) is 8.99. The summed E-state index contributed by atoms with van der Waals surface area (Å²) >= 11 is 0. The molecule has 2 aromatic rings. The van der Waals surface area contributed by atoms with Crippen LogP contribution in [0.5, 0.6) is 0 Å². The van der Waals surface area contributed by atoms with Gasteiger partial charge < -0.3 is 9.63 Å². The number of hydrogen-bond donors (Lipinski definition) is 1. The molecule has 0 aliphatic heterocycles. The minimum Gasteiger partial charge on any atom is -0.380 e. The van der Waals surface area contributed by atoms with Gasteiger partial charge in [0, 0.05) is 17.2 Å². The first kappa shape index (κ1) is 13.2. The summed E-state index contributed by atoms with van der Waals surface area (Å²) < 4.78 is 5.07. The summed E-state index contributed by atoms with van der Waals surface area (Å²) in [4.78, 5) is 11.2. The number of aryl methyl sites for hydroxylation is 1. The second-order valence-corrected chi connectivity index (χ2v) is 4.46. The molecule has 0 radical (unpaired) electrons. The van der Waals surface area contributed by atoms with Crippen molar-refractivity contribution in [2.75, 3.05) is 0 Å². The van der Waals surface area contributed by atoms with Gasteiger partial charge in [-0.05, 0) is 13.8 Å². The Hall–Kier alpha value is -2.20. The number of rotatable bonds is 4. The van der Waals surface area contributed by atoms with Gasteiger partial charge in [0.15, 0.2) is 11.5 Å². The number of carbonyl (C=O) groups is 1. The van der Waals surface area contributed by atoms with E-state index in [0.29, 0.717) is 5.69 Å². The summed E-state index contributed by atoms with van der Waals surface area (Å²) in [5.41, 5.74) is 2.75. The molecule has 2 rings (SSSR count). The zero-order chi connectivity index (χ0) is 14.0. The predicted molar refractivity (Wildman–Crippen MR) is 71.5 cm³/mol. The third kappa shape index (κ3) is 2.80. The molecule has 4 nitrogen and oxygen atoms in total. The maximum atomic E-state index is 11.2. The lowest BCUT2D eigenvalue weighted by Gasteiger charge is -2.06. The number of aromatic nitrogens is 1. The second kappa shape index (κ2) is 5.20. The van der Waals surface area contributed by atoms with Crippen LogP contribution in [0, 0.1) is 6.92 Å². The molecule has 98 valence electrons. The van der Waals surface area contributed by atoms with Crippen molar-refractivity contribution in [1.82, 2.24) is 5.16 Å². The molecule has 1 aromatic heterocycles. The summed E-state index contributed by atoms with van der Waals surface area (Å²) in [5.74, 6) is -0.0587. The molecule has 0 amide bonds. The third-order valence-electron chi connectivity index (χ3n) is 2.93. The van der Waals surface area contributed by atoms with E-state index in [1.807, 2.05) is 31.2 Å². The first-order valence-corrected chi connectivity index (χ1v) is 5.90. The molecule has 0 saturated carbocycles. The van der Waals surface area contributed by atoms with Crippen LogP contribution in [-0.4, -0.2) is 16.0 Å². The average molecular weight is 257 g/mol. The number of carbonyl (C=O) groups excluding carboxylic acids is 1. The molecule has 0 aliphatic rings. The highest BCUT2D eigenvalue weighted by molar-refractivity contribution is 5.93. The number of hydrogen-bond acceptors (Lipinski definition) is 4. The van der Waals surface area contributed by atoms with Crippen LogP contribution < -0.4 is 0 Å². The summed E-state index contributed by atoms with van der Waals surface area (Å²) in [7, 11) is 0. The molecular formula is C15H15NO3. The normalized spacial score (nSPS) is 12.2. The summed E-state index contributed by atoms with van der Waals surface area (Å²) in [6.07, 6.45) is -1.15. The number of nitrogens with zero attached hydrogens (tertiary/aromatic N) is 1. The van der Waals surface area contributed by atoms with E-state index in [0.717, 1.165) is 11.1 Å². The highest BCUT2D eigenvalue weighted by Gasteiger charge is 2.20. The summed E-state index contributed by atoms with van der Waals surface area (Å²) in [6, 6.07) is 9.39. The summed E-state index contributed by atoms with van der Waals surface area (Å²) in [5, 5.41) is 13.8. The SMILES string of the molecule is C=C(C(C)=O)C(O)c1cc(-c2ccc(C)cc2)no1. The highest BCUT2D eigenvalue weighted by atomic mass is 16.5. The van der Waals surface area contributed by atoms with Gasteiger partial charge in [-0.3, -0.25) is 4.79 Å². The Bertz CT molecular complexity index is 611. The van der Waals surface area contributed by atoms with E-state index in [1.165, 1.54) is 6.92 Å². The number of aliphatic hydroxyl groups is 1. The quantitative estimate of drug-likeness (QED) is 0.855. The van der Waals surface area contributed by atoms with Gasteiger partial charge in [-0.1, -0.05) is 41.6 Å². The molecule has 1 unspecified atom stereocenters. The standard InChI is InChI=1S/C15H15NO3/c1-9-4-6-12(7-5-9)13-8-14(19-16-13)15(18)10(2)11(3)17/h4-8,15,18H,2H2,1,3H3. The Kier molecular flexibility index (Phi) is 3.62. The predicted octanol–water partition coefficient (Wildman–Crippen LogP) is 2.83. The van der Waals surface area contributed by atoms with E-state index < -0.39 is 6.10 Å². The lowest BCUT2D eigenvalue weighted by atomic mass is 10.0. The van der Waals surface area contributed by atoms with Gasteiger partial charge in [0.25, 0.3) is 0 Å². The fourth-order valence-corrected chi connectivity index (χ4v) is 1.64. The Morgan fingerprint density at radius 1 is 1.37 bits per heavy atom. The minimum atomic E-state index is -1.15. The molecule has 1 atom stereocenters. The van der Waals surface area contributed by atoms with Crippen molar-refractivity contribution < 1.29 is 14.4 Å². The van der Waals surface area contributed by atoms with Gasteiger partial charge in [0.1, 0.15) is 11.8 Å². The fourth-order valence-electron chi connectivity index (χ4n) is 1.64. The van der Waals surface area contributed by atoms with Gasteiger partial charge in [-0.15, -0.1) is 0 Å². The van der Waals surface area contributed by atoms with Gasteiger partial charge in [-0.2, -0.15) is 0 Å². The van der Waals surface area contributed by atoms with E-state index in [1.54, 1.807) is 6.07 Å². The Balaban J connectivity index is 2.26. The van der Waals surface area contributed by atoms with Crippen LogP contribution in [-0.2, 0) is 4.79 Å².